The molecule has 0 fully saturated rings. The minimum Gasteiger partial charge on any atom is -0.466 e. The van der Waals surface area contributed by atoms with E-state index in [-0.39, 0.29) is 26.1 Å². The molecule has 0 aliphatic carbocycles. The van der Waals surface area contributed by atoms with Gasteiger partial charge in [0.2, 0.25) is 0 Å². The quantitative estimate of drug-likeness (QED) is 0.466. The molecule has 0 amide bonds. The lowest BCUT2D eigenvalue weighted by atomic mass is 10.3. The second kappa shape index (κ2) is 7.96. The van der Waals surface area contributed by atoms with Crippen molar-refractivity contribution in [2.75, 3.05) is 13.2 Å². The average molecular weight is 216 g/mol. The highest BCUT2D eigenvalue weighted by Gasteiger charge is 2.12. The first kappa shape index (κ1) is 13.6. The molecule has 0 aromatic carbocycles. The van der Waals surface area contributed by atoms with Crippen LogP contribution in [0.5, 0.6) is 0 Å². The molecule has 0 aliphatic heterocycles. The van der Waals surface area contributed by atoms with Gasteiger partial charge in [-0.2, -0.15) is 0 Å². The number of ketones is 1. The van der Waals surface area contributed by atoms with Crippen molar-refractivity contribution >= 4 is 17.7 Å². The molecule has 0 heterocycles. The normalized spacial score (nSPS) is 9.47. The zero-order chi connectivity index (χ0) is 11.7. The van der Waals surface area contributed by atoms with Crippen LogP contribution < -0.4 is 0 Å². The lowest BCUT2D eigenvalue weighted by molar-refractivity contribution is -0.152. The van der Waals surface area contributed by atoms with E-state index in [9.17, 15) is 14.4 Å². The fraction of sp³-hybridized carbons (Fsp3) is 0.700. The van der Waals surface area contributed by atoms with Gasteiger partial charge in [-0.15, -0.1) is 0 Å². The third kappa shape index (κ3) is 7.66. The highest BCUT2D eigenvalue weighted by atomic mass is 16.5. The number of hydrogen-bond donors (Lipinski definition) is 0. The summed E-state index contributed by atoms with van der Waals surface area (Å²) in [5.41, 5.74) is 0. The van der Waals surface area contributed by atoms with Crippen LogP contribution in [0.2, 0.25) is 0 Å². The van der Waals surface area contributed by atoms with Gasteiger partial charge in [-0.05, 0) is 13.3 Å². The molecule has 0 aliphatic rings. The number of esters is 2. The van der Waals surface area contributed by atoms with E-state index in [1.165, 1.54) is 0 Å². The number of rotatable bonds is 7. The van der Waals surface area contributed by atoms with Gasteiger partial charge in [0.1, 0.15) is 6.42 Å². The Kier molecular flexibility index (Phi) is 7.23. The second-order valence-corrected chi connectivity index (χ2v) is 2.93. The maximum atomic E-state index is 11.1. The van der Waals surface area contributed by atoms with Gasteiger partial charge in [-0.25, -0.2) is 0 Å². The van der Waals surface area contributed by atoms with E-state index in [0.717, 1.165) is 0 Å². The number of hydrogen-bond acceptors (Lipinski definition) is 5. The van der Waals surface area contributed by atoms with E-state index in [4.69, 9.17) is 0 Å². The Hall–Kier alpha value is -1.39. The van der Waals surface area contributed by atoms with Crippen LogP contribution in [0.3, 0.4) is 0 Å². The lowest BCUT2D eigenvalue weighted by Crippen LogP contribution is -2.18. The first-order chi connectivity index (χ1) is 7.10. The summed E-state index contributed by atoms with van der Waals surface area (Å²) in [4.78, 5) is 32.8. The van der Waals surface area contributed by atoms with Gasteiger partial charge in [-0.1, -0.05) is 6.92 Å². The van der Waals surface area contributed by atoms with Gasteiger partial charge >= 0.3 is 11.9 Å². The Balaban J connectivity index is 3.66. The first-order valence-electron chi connectivity index (χ1n) is 4.93. The standard InChI is InChI=1S/C10H16O5/c1-3-5-9(12)15-7-8(11)6-10(13)14-4-2/h3-7H2,1-2H3. The van der Waals surface area contributed by atoms with Crippen molar-refractivity contribution in [2.45, 2.75) is 33.1 Å². The highest BCUT2D eigenvalue weighted by molar-refractivity contribution is 5.96. The monoisotopic (exact) mass is 216 g/mol. The first-order valence-corrected chi connectivity index (χ1v) is 4.93. The molecule has 0 aromatic heterocycles. The Morgan fingerprint density at radius 1 is 1.00 bits per heavy atom. The van der Waals surface area contributed by atoms with Crippen LogP contribution in [0.1, 0.15) is 33.1 Å². The molecule has 5 nitrogen and oxygen atoms in total. The molecule has 0 saturated carbocycles. The molecule has 0 radical (unpaired) electrons. The number of carbonyl (C=O) groups is 3. The predicted molar refractivity (Wildman–Crippen MR) is 52.1 cm³/mol. The van der Waals surface area contributed by atoms with E-state index in [2.05, 4.69) is 9.47 Å². The summed E-state index contributed by atoms with van der Waals surface area (Å²) < 4.78 is 9.19. The molecule has 0 spiro atoms. The number of carbonyl (C=O) groups excluding carboxylic acids is 3. The summed E-state index contributed by atoms with van der Waals surface area (Å²) in [6, 6.07) is 0. The Morgan fingerprint density at radius 2 is 1.67 bits per heavy atom. The summed E-state index contributed by atoms with van der Waals surface area (Å²) in [5, 5.41) is 0. The van der Waals surface area contributed by atoms with Crippen LogP contribution in [-0.2, 0) is 23.9 Å². The van der Waals surface area contributed by atoms with Crippen LogP contribution in [0.4, 0.5) is 0 Å². The molecule has 5 heteroatoms. The average Bonchev–Trinajstić information content (AvgIpc) is 2.15. The number of ether oxygens (including phenoxy) is 2. The zero-order valence-corrected chi connectivity index (χ0v) is 9.08. The van der Waals surface area contributed by atoms with Crippen molar-refractivity contribution in [1.82, 2.24) is 0 Å². The van der Waals surface area contributed by atoms with Crippen molar-refractivity contribution in [3.05, 3.63) is 0 Å². The van der Waals surface area contributed by atoms with Crippen molar-refractivity contribution in [3.8, 4) is 0 Å². The molecule has 15 heavy (non-hydrogen) atoms. The topological polar surface area (TPSA) is 69.7 Å². The zero-order valence-electron chi connectivity index (χ0n) is 9.08. The van der Waals surface area contributed by atoms with Crippen LogP contribution in [0.25, 0.3) is 0 Å². The van der Waals surface area contributed by atoms with E-state index < -0.39 is 17.7 Å². The summed E-state index contributed by atoms with van der Waals surface area (Å²) in [7, 11) is 0. The van der Waals surface area contributed by atoms with Crippen molar-refractivity contribution < 1.29 is 23.9 Å². The van der Waals surface area contributed by atoms with Crippen LogP contribution >= 0.6 is 0 Å². The molecule has 0 unspecified atom stereocenters. The summed E-state index contributed by atoms with van der Waals surface area (Å²) >= 11 is 0. The fourth-order valence-electron chi connectivity index (χ4n) is 0.861. The summed E-state index contributed by atoms with van der Waals surface area (Å²) in [6.45, 7) is 3.38. The largest absolute Gasteiger partial charge is 0.466 e. The predicted octanol–water partition coefficient (Wildman–Crippen LogP) is 0.852. The molecule has 0 atom stereocenters. The molecule has 0 saturated heterocycles. The third-order valence-electron chi connectivity index (χ3n) is 1.50. The smallest absolute Gasteiger partial charge is 0.313 e. The van der Waals surface area contributed by atoms with Gasteiger partial charge < -0.3 is 9.47 Å². The maximum Gasteiger partial charge on any atom is 0.313 e. The van der Waals surface area contributed by atoms with E-state index in [0.29, 0.717) is 6.42 Å². The van der Waals surface area contributed by atoms with Crippen LogP contribution in [-0.4, -0.2) is 30.9 Å². The van der Waals surface area contributed by atoms with Crippen LogP contribution in [0, 0.1) is 0 Å². The SMILES string of the molecule is CCCC(=O)OCC(=O)CC(=O)OCC. The van der Waals surface area contributed by atoms with Crippen LogP contribution in [0.15, 0.2) is 0 Å². The summed E-state index contributed by atoms with van der Waals surface area (Å²) in [6.07, 6.45) is 0.616. The molecule has 0 N–H and O–H groups in total. The maximum absolute atomic E-state index is 11.1. The molecule has 0 aromatic rings. The minimum absolute atomic E-state index is 0.238. The Labute approximate surface area is 88.7 Å². The second-order valence-electron chi connectivity index (χ2n) is 2.93. The van der Waals surface area contributed by atoms with Gasteiger partial charge in [0.25, 0.3) is 0 Å². The minimum atomic E-state index is -0.589. The molecule has 86 valence electrons. The third-order valence-corrected chi connectivity index (χ3v) is 1.50. The Morgan fingerprint density at radius 3 is 2.20 bits per heavy atom. The molecular weight excluding hydrogens is 200 g/mol. The molecule has 0 bridgehead atoms. The summed E-state index contributed by atoms with van der Waals surface area (Å²) in [5.74, 6) is -1.46. The van der Waals surface area contributed by atoms with Crippen molar-refractivity contribution in [1.29, 1.82) is 0 Å². The fourth-order valence-corrected chi connectivity index (χ4v) is 0.861. The number of Topliss-reactive ketones (excluding diaryl/α,β-unsaturated/α-hetero) is 1. The van der Waals surface area contributed by atoms with Gasteiger partial charge in [0.15, 0.2) is 12.4 Å². The van der Waals surface area contributed by atoms with Crippen molar-refractivity contribution in [3.63, 3.8) is 0 Å². The van der Waals surface area contributed by atoms with Gasteiger partial charge in [0.05, 0.1) is 6.61 Å². The van der Waals surface area contributed by atoms with Crippen molar-refractivity contribution in [2.24, 2.45) is 0 Å². The molecule has 0 rings (SSSR count). The molecular formula is C10H16O5. The lowest BCUT2D eigenvalue weighted by Gasteiger charge is -2.03. The van der Waals surface area contributed by atoms with Gasteiger partial charge in [-0.3, -0.25) is 14.4 Å². The van der Waals surface area contributed by atoms with E-state index >= 15 is 0 Å². The van der Waals surface area contributed by atoms with E-state index in [1.54, 1.807) is 6.92 Å². The highest BCUT2D eigenvalue weighted by Crippen LogP contribution is 1.94. The van der Waals surface area contributed by atoms with E-state index in [1.807, 2.05) is 6.92 Å². The van der Waals surface area contributed by atoms with Gasteiger partial charge in [0, 0.05) is 6.42 Å². The Bertz CT molecular complexity index is 234.